The monoisotopic (exact) mass is 280 g/mol. The van der Waals surface area contributed by atoms with Gasteiger partial charge in [-0.25, -0.2) is 0 Å². The number of benzene rings is 2. The maximum Gasteiger partial charge on any atom is 0.307 e. The van der Waals surface area contributed by atoms with Gasteiger partial charge in [-0.2, -0.15) is 10.2 Å². The summed E-state index contributed by atoms with van der Waals surface area (Å²) in [7, 11) is 0. The summed E-state index contributed by atoms with van der Waals surface area (Å²) in [5.41, 5.74) is 1.34. The molecule has 0 aliphatic heterocycles. The fourth-order valence-corrected chi connectivity index (χ4v) is 2.09. The molecule has 0 fully saturated rings. The van der Waals surface area contributed by atoms with E-state index in [0.717, 1.165) is 10.9 Å². The molecule has 104 valence electrons. The van der Waals surface area contributed by atoms with Gasteiger partial charge < -0.3 is 9.84 Å². The quantitative estimate of drug-likeness (QED) is 0.795. The maximum atomic E-state index is 10.9. The molecule has 0 radical (unpaired) electrons. The van der Waals surface area contributed by atoms with Gasteiger partial charge in [0.05, 0.1) is 18.1 Å². The zero-order valence-electron chi connectivity index (χ0n) is 11.1. The normalized spacial score (nSPS) is 10.5. The van der Waals surface area contributed by atoms with Gasteiger partial charge in [-0.15, -0.1) is 0 Å². The number of rotatable bonds is 4. The van der Waals surface area contributed by atoms with Gasteiger partial charge in [0.2, 0.25) is 0 Å². The van der Waals surface area contributed by atoms with Crippen molar-refractivity contribution in [1.29, 1.82) is 0 Å². The van der Waals surface area contributed by atoms with Gasteiger partial charge in [0.15, 0.2) is 5.75 Å². The molecule has 0 atom stereocenters. The molecule has 0 spiro atoms. The zero-order chi connectivity index (χ0) is 14.7. The number of carboxylic acid groups (broad SMARTS) is 1. The smallest absolute Gasteiger partial charge is 0.307 e. The Labute approximate surface area is 120 Å². The van der Waals surface area contributed by atoms with Crippen molar-refractivity contribution in [3.8, 4) is 11.5 Å². The highest BCUT2D eigenvalue weighted by molar-refractivity contribution is 5.84. The van der Waals surface area contributed by atoms with Crippen LogP contribution in [0.4, 0.5) is 0 Å². The molecule has 0 aliphatic rings. The minimum absolute atomic E-state index is 0.0907. The molecule has 0 saturated carbocycles. The molecule has 5 nitrogen and oxygen atoms in total. The lowest BCUT2D eigenvalue weighted by Gasteiger charge is -2.11. The number of ether oxygens (including phenoxy) is 1. The molecule has 0 aliphatic carbocycles. The van der Waals surface area contributed by atoms with Gasteiger partial charge in [-0.1, -0.05) is 30.3 Å². The van der Waals surface area contributed by atoms with Gasteiger partial charge in [0, 0.05) is 10.9 Å². The summed E-state index contributed by atoms with van der Waals surface area (Å²) in [6.07, 6.45) is 1.44. The number of hydrogen-bond acceptors (Lipinski definition) is 4. The molecule has 1 heterocycles. The maximum absolute atomic E-state index is 10.9. The fourth-order valence-electron chi connectivity index (χ4n) is 2.09. The van der Waals surface area contributed by atoms with Crippen molar-refractivity contribution in [2.45, 2.75) is 6.42 Å². The predicted octanol–water partition coefficient (Wildman–Crippen LogP) is 3.05. The Hall–Kier alpha value is -2.95. The Kier molecular flexibility index (Phi) is 3.47. The van der Waals surface area contributed by atoms with Crippen LogP contribution in [-0.4, -0.2) is 21.3 Å². The Morgan fingerprint density at radius 1 is 1.05 bits per heavy atom. The van der Waals surface area contributed by atoms with Gasteiger partial charge in [-0.05, 0) is 18.2 Å². The third-order valence-corrected chi connectivity index (χ3v) is 3.04. The molecular weight excluding hydrogens is 268 g/mol. The Morgan fingerprint density at radius 3 is 2.67 bits per heavy atom. The molecule has 0 saturated heterocycles. The molecular formula is C16H12N2O3. The second-order valence-electron chi connectivity index (χ2n) is 4.51. The number of para-hydroxylation sites is 1. The van der Waals surface area contributed by atoms with Crippen LogP contribution in [0.15, 0.2) is 54.7 Å². The molecule has 21 heavy (non-hydrogen) atoms. The van der Waals surface area contributed by atoms with E-state index in [0.29, 0.717) is 17.1 Å². The van der Waals surface area contributed by atoms with E-state index in [2.05, 4.69) is 10.2 Å². The third-order valence-electron chi connectivity index (χ3n) is 3.04. The lowest BCUT2D eigenvalue weighted by Crippen LogP contribution is -2.02. The highest BCUT2D eigenvalue weighted by atomic mass is 16.5. The van der Waals surface area contributed by atoms with E-state index in [1.807, 2.05) is 24.3 Å². The fraction of sp³-hybridized carbons (Fsp3) is 0.0625. The minimum atomic E-state index is -0.899. The first-order chi connectivity index (χ1) is 10.2. The first-order valence-electron chi connectivity index (χ1n) is 6.42. The molecule has 2 aromatic carbocycles. The number of hydrogen-bond donors (Lipinski definition) is 1. The summed E-state index contributed by atoms with van der Waals surface area (Å²) in [6, 6.07) is 14.6. The second kappa shape index (κ2) is 5.58. The first kappa shape index (κ1) is 13.1. The van der Waals surface area contributed by atoms with E-state index in [1.54, 1.807) is 24.3 Å². The summed E-state index contributed by atoms with van der Waals surface area (Å²) in [5.74, 6) is 0.167. The molecule has 0 bridgehead atoms. The van der Waals surface area contributed by atoms with E-state index in [1.165, 1.54) is 6.20 Å². The van der Waals surface area contributed by atoms with Crippen LogP contribution in [0.2, 0.25) is 0 Å². The molecule has 5 heteroatoms. The standard InChI is InChI=1S/C16H12N2O3/c19-16(20)9-11-5-1-4-8-14(11)21-15-10-17-18-13-7-3-2-6-12(13)15/h1-8,10H,9H2,(H,19,20). The van der Waals surface area contributed by atoms with Crippen molar-refractivity contribution in [2.24, 2.45) is 0 Å². The van der Waals surface area contributed by atoms with Crippen LogP contribution in [-0.2, 0) is 11.2 Å². The largest absolute Gasteiger partial charge is 0.481 e. The predicted molar refractivity (Wildman–Crippen MR) is 77.4 cm³/mol. The molecule has 1 aromatic heterocycles. The number of carbonyl (C=O) groups is 1. The Balaban J connectivity index is 2.01. The van der Waals surface area contributed by atoms with Crippen LogP contribution < -0.4 is 4.74 Å². The van der Waals surface area contributed by atoms with Crippen molar-refractivity contribution in [3.63, 3.8) is 0 Å². The van der Waals surface area contributed by atoms with Crippen LogP contribution >= 0.6 is 0 Å². The summed E-state index contributed by atoms with van der Waals surface area (Å²) in [6.45, 7) is 0. The SMILES string of the molecule is O=C(O)Cc1ccccc1Oc1cnnc2ccccc12. The van der Waals surface area contributed by atoms with Gasteiger partial charge >= 0.3 is 5.97 Å². The Morgan fingerprint density at radius 2 is 1.81 bits per heavy atom. The summed E-state index contributed by atoms with van der Waals surface area (Å²) in [5, 5.41) is 17.7. The van der Waals surface area contributed by atoms with Crippen LogP contribution in [0.1, 0.15) is 5.56 Å². The van der Waals surface area contributed by atoms with Crippen molar-refractivity contribution in [1.82, 2.24) is 10.2 Å². The van der Waals surface area contributed by atoms with Crippen molar-refractivity contribution in [2.75, 3.05) is 0 Å². The average molecular weight is 280 g/mol. The highest BCUT2D eigenvalue weighted by Crippen LogP contribution is 2.30. The van der Waals surface area contributed by atoms with Crippen molar-refractivity contribution >= 4 is 16.9 Å². The number of aliphatic carboxylic acids is 1. The number of aromatic nitrogens is 2. The topological polar surface area (TPSA) is 72.3 Å². The van der Waals surface area contributed by atoms with Gasteiger partial charge in [0.1, 0.15) is 5.75 Å². The number of carboxylic acids is 1. The molecule has 3 rings (SSSR count). The lowest BCUT2D eigenvalue weighted by molar-refractivity contribution is -0.136. The second-order valence-corrected chi connectivity index (χ2v) is 4.51. The van der Waals surface area contributed by atoms with Crippen LogP contribution in [0.5, 0.6) is 11.5 Å². The summed E-state index contributed by atoms with van der Waals surface area (Å²) < 4.78 is 5.86. The van der Waals surface area contributed by atoms with Crippen molar-refractivity contribution in [3.05, 3.63) is 60.3 Å². The van der Waals surface area contributed by atoms with Gasteiger partial charge in [0.25, 0.3) is 0 Å². The van der Waals surface area contributed by atoms with Gasteiger partial charge in [-0.3, -0.25) is 4.79 Å². The Bertz CT molecular complexity index is 797. The van der Waals surface area contributed by atoms with E-state index in [-0.39, 0.29) is 6.42 Å². The zero-order valence-corrected chi connectivity index (χ0v) is 11.1. The molecule has 1 N–H and O–H groups in total. The van der Waals surface area contributed by atoms with E-state index in [4.69, 9.17) is 9.84 Å². The lowest BCUT2D eigenvalue weighted by atomic mass is 10.1. The number of nitrogens with zero attached hydrogens (tertiary/aromatic N) is 2. The summed E-state index contributed by atoms with van der Waals surface area (Å²) >= 11 is 0. The minimum Gasteiger partial charge on any atom is -0.481 e. The molecule has 3 aromatic rings. The summed E-state index contributed by atoms with van der Waals surface area (Å²) in [4.78, 5) is 10.9. The number of fused-ring (bicyclic) bond motifs is 1. The first-order valence-corrected chi connectivity index (χ1v) is 6.42. The van der Waals surface area contributed by atoms with E-state index in [9.17, 15) is 4.79 Å². The third kappa shape index (κ3) is 2.81. The molecule has 0 unspecified atom stereocenters. The average Bonchev–Trinajstić information content (AvgIpc) is 2.49. The highest BCUT2D eigenvalue weighted by Gasteiger charge is 2.10. The van der Waals surface area contributed by atoms with Crippen molar-refractivity contribution < 1.29 is 14.6 Å². The van der Waals surface area contributed by atoms with Crippen LogP contribution in [0, 0.1) is 0 Å². The van der Waals surface area contributed by atoms with E-state index < -0.39 is 5.97 Å². The molecule has 0 amide bonds. The van der Waals surface area contributed by atoms with E-state index >= 15 is 0 Å². The van der Waals surface area contributed by atoms with Crippen LogP contribution in [0.25, 0.3) is 10.9 Å². The van der Waals surface area contributed by atoms with Crippen LogP contribution in [0.3, 0.4) is 0 Å².